The van der Waals surface area contributed by atoms with Crippen LogP contribution in [0.5, 0.6) is 11.5 Å². The summed E-state index contributed by atoms with van der Waals surface area (Å²) in [7, 11) is 1.56. The van der Waals surface area contributed by atoms with Crippen LogP contribution in [0.3, 0.4) is 0 Å². The van der Waals surface area contributed by atoms with Crippen LogP contribution in [0.25, 0.3) is 0 Å². The Morgan fingerprint density at radius 1 is 1.24 bits per heavy atom. The standard InChI is InChI=1S/C18H19Cl2NO4/c1-10(2)25-17-11(6-12(19)7-16(17)24-3)9-21-13-4-5-14(18(22)23)15(20)8-13/h4-8,10,21H,9H2,1-3H3,(H,22,23). The minimum Gasteiger partial charge on any atom is -0.493 e. The Balaban J connectivity index is 2.26. The molecule has 2 aromatic rings. The number of hydrogen-bond donors (Lipinski definition) is 2. The third-order valence-corrected chi connectivity index (χ3v) is 3.88. The lowest BCUT2D eigenvalue weighted by Gasteiger charge is -2.18. The minimum absolute atomic E-state index is 0.0295. The number of methoxy groups -OCH3 is 1. The van der Waals surface area contributed by atoms with Gasteiger partial charge in [0.05, 0.1) is 23.8 Å². The molecule has 2 aromatic carbocycles. The molecule has 2 rings (SSSR count). The van der Waals surface area contributed by atoms with Crippen molar-refractivity contribution >= 4 is 34.9 Å². The second-order valence-corrected chi connectivity index (χ2v) is 6.46. The van der Waals surface area contributed by atoms with Crippen LogP contribution in [0.15, 0.2) is 30.3 Å². The summed E-state index contributed by atoms with van der Waals surface area (Å²) in [5, 5.41) is 12.9. The molecule has 0 unspecified atom stereocenters. The molecule has 0 aliphatic rings. The third-order valence-electron chi connectivity index (χ3n) is 3.35. The number of hydrogen-bond acceptors (Lipinski definition) is 4. The van der Waals surface area contributed by atoms with Gasteiger partial charge in [0.25, 0.3) is 0 Å². The quantitative estimate of drug-likeness (QED) is 0.695. The molecule has 134 valence electrons. The molecule has 5 nitrogen and oxygen atoms in total. The van der Waals surface area contributed by atoms with Gasteiger partial charge >= 0.3 is 5.97 Å². The van der Waals surface area contributed by atoms with E-state index >= 15 is 0 Å². The van der Waals surface area contributed by atoms with Gasteiger partial charge in [-0.05, 0) is 38.1 Å². The zero-order chi connectivity index (χ0) is 18.6. The molecule has 7 heteroatoms. The molecular formula is C18H19Cl2NO4. The predicted octanol–water partition coefficient (Wildman–Crippen LogP) is 5.10. The number of rotatable bonds is 7. The molecule has 0 heterocycles. The monoisotopic (exact) mass is 383 g/mol. The number of carboxylic acids is 1. The van der Waals surface area contributed by atoms with E-state index in [1.165, 1.54) is 6.07 Å². The van der Waals surface area contributed by atoms with Gasteiger partial charge in [-0.15, -0.1) is 0 Å². The summed E-state index contributed by atoms with van der Waals surface area (Å²) in [4.78, 5) is 11.0. The molecule has 0 saturated heterocycles. The highest BCUT2D eigenvalue weighted by Gasteiger charge is 2.15. The molecular weight excluding hydrogens is 365 g/mol. The van der Waals surface area contributed by atoms with Gasteiger partial charge in [0.2, 0.25) is 0 Å². The van der Waals surface area contributed by atoms with Crippen molar-refractivity contribution in [1.29, 1.82) is 0 Å². The lowest BCUT2D eigenvalue weighted by molar-refractivity contribution is 0.0697. The second-order valence-electron chi connectivity index (χ2n) is 5.62. The van der Waals surface area contributed by atoms with Crippen LogP contribution in [0.4, 0.5) is 5.69 Å². The number of ether oxygens (including phenoxy) is 2. The van der Waals surface area contributed by atoms with Crippen molar-refractivity contribution in [2.24, 2.45) is 0 Å². The number of nitrogens with one attached hydrogen (secondary N) is 1. The summed E-state index contributed by atoms with van der Waals surface area (Å²) in [6.07, 6.45) is -0.0295. The minimum atomic E-state index is -1.07. The van der Waals surface area contributed by atoms with Crippen LogP contribution in [0, 0.1) is 0 Å². The lowest BCUT2D eigenvalue weighted by atomic mass is 10.1. The van der Waals surface area contributed by atoms with Crippen molar-refractivity contribution in [3.63, 3.8) is 0 Å². The Morgan fingerprint density at radius 2 is 1.96 bits per heavy atom. The predicted molar refractivity (Wildman–Crippen MR) is 99.5 cm³/mol. The Kier molecular flexibility index (Phi) is 6.39. The smallest absolute Gasteiger partial charge is 0.337 e. The highest BCUT2D eigenvalue weighted by molar-refractivity contribution is 6.33. The second kappa shape index (κ2) is 8.32. The Hall–Kier alpha value is -2.11. The fourth-order valence-corrected chi connectivity index (χ4v) is 2.76. The summed E-state index contributed by atoms with van der Waals surface area (Å²) in [6.45, 7) is 4.26. The molecule has 0 saturated carbocycles. The van der Waals surface area contributed by atoms with Gasteiger partial charge in [0.1, 0.15) is 0 Å². The molecule has 0 fully saturated rings. The Morgan fingerprint density at radius 3 is 2.52 bits per heavy atom. The number of carbonyl (C=O) groups is 1. The first kappa shape index (κ1) is 19.2. The van der Waals surface area contributed by atoms with Gasteiger partial charge in [-0.1, -0.05) is 23.2 Å². The van der Waals surface area contributed by atoms with E-state index in [0.29, 0.717) is 28.8 Å². The maximum absolute atomic E-state index is 11.0. The van der Waals surface area contributed by atoms with E-state index in [1.807, 2.05) is 13.8 Å². The first-order valence-electron chi connectivity index (χ1n) is 7.61. The number of benzene rings is 2. The van der Waals surface area contributed by atoms with Crippen molar-refractivity contribution in [3.8, 4) is 11.5 Å². The van der Waals surface area contributed by atoms with E-state index < -0.39 is 5.97 Å². The lowest BCUT2D eigenvalue weighted by Crippen LogP contribution is -2.11. The number of anilines is 1. The molecule has 25 heavy (non-hydrogen) atoms. The van der Waals surface area contributed by atoms with Gasteiger partial charge in [0.15, 0.2) is 11.5 Å². The van der Waals surface area contributed by atoms with E-state index in [2.05, 4.69) is 5.32 Å². The summed E-state index contributed by atoms with van der Waals surface area (Å²) >= 11 is 12.1. The summed E-state index contributed by atoms with van der Waals surface area (Å²) < 4.78 is 11.2. The zero-order valence-corrected chi connectivity index (χ0v) is 15.6. The zero-order valence-electron chi connectivity index (χ0n) is 14.1. The van der Waals surface area contributed by atoms with Crippen molar-refractivity contribution in [3.05, 3.63) is 51.5 Å². The van der Waals surface area contributed by atoms with E-state index in [9.17, 15) is 4.79 Å². The first-order chi connectivity index (χ1) is 11.8. The molecule has 0 aliphatic heterocycles. The summed E-state index contributed by atoms with van der Waals surface area (Å²) in [5.74, 6) is 0.101. The molecule has 0 aromatic heterocycles. The first-order valence-corrected chi connectivity index (χ1v) is 8.37. The number of aromatic carboxylic acids is 1. The largest absolute Gasteiger partial charge is 0.493 e. The number of halogens is 2. The van der Waals surface area contributed by atoms with Crippen LogP contribution in [0.2, 0.25) is 10.0 Å². The van der Waals surface area contributed by atoms with Crippen LogP contribution in [-0.2, 0) is 6.54 Å². The van der Waals surface area contributed by atoms with Crippen LogP contribution >= 0.6 is 23.2 Å². The topological polar surface area (TPSA) is 67.8 Å². The molecule has 0 atom stereocenters. The van der Waals surface area contributed by atoms with E-state index in [-0.39, 0.29) is 16.7 Å². The average molecular weight is 384 g/mol. The SMILES string of the molecule is COc1cc(Cl)cc(CNc2ccc(C(=O)O)c(Cl)c2)c1OC(C)C. The maximum Gasteiger partial charge on any atom is 0.337 e. The normalized spacial score (nSPS) is 10.6. The highest BCUT2D eigenvalue weighted by atomic mass is 35.5. The van der Waals surface area contributed by atoms with Crippen LogP contribution < -0.4 is 14.8 Å². The van der Waals surface area contributed by atoms with Crippen LogP contribution in [0.1, 0.15) is 29.8 Å². The average Bonchev–Trinajstić information content (AvgIpc) is 2.53. The third kappa shape index (κ3) is 4.94. The van der Waals surface area contributed by atoms with Gasteiger partial charge < -0.3 is 19.9 Å². The van der Waals surface area contributed by atoms with Crippen molar-refractivity contribution in [2.45, 2.75) is 26.5 Å². The molecule has 0 amide bonds. The fraction of sp³-hybridized carbons (Fsp3) is 0.278. The molecule has 2 N–H and O–H groups in total. The van der Waals surface area contributed by atoms with Crippen LogP contribution in [-0.4, -0.2) is 24.3 Å². The maximum atomic E-state index is 11.0. The van der Waals surface area contributed by atoms with Crippen molar-refractivity contribution in [2.75, 3.05) is 12.4 Å². The summed E-state index contributed by atoms with van der Waals surface area (Å²) in [6, 6.07) is 8.16. The molecule has 0 bridgehead atoms. The van der Waals surface area contributed by atoms with Gasteiger partial charge in [-0.3, -0.25) is 0 Å². The van der Waals surface area contributed by atoms with E-state index in [0.717, 1.165) is 5.56 Å². The molecule has 0 radical (unpaired) electrons. The van der Waals surface area contributed by atoms with Gasteiger partial charge in [-0.2, -0.15) is 0 Å². The van der Waals surface area contributed by atoms with E-state index in [4.69, 9.17) is 37.8 Å². The Labute approximate surface area is 156 Å². The Bertz CT molecular complexity index is 778. The van der Waals surface area contributed by atoms with Gasteiger partial charge in [0, 0.05) is 28.9 Å². The van der Waals surface area contributed by atoms with Gasteiger partial charge in [-0.25, -0.2) is 4.79 Å². The molecule has 0 aliphatic carbocycles. The highest BCUT2D eigenvalue weighted by Crippen LogP contribution is 2.36. The number of carboxylic acid groups (broad SMARTS) is 1. The molecule has 0 spiro atoms. The van der Waals surface area contributed by atoms with Crippen molar-refractivity contribution in [1.82, 2.24) is 0 Å². The summed E-state index contributed by atoms with van der Waals surface area (Å²) in [5.41, 5.74) is 1.56. The van der Waals surface area contributed by atoms with E-state index in [1.54, 1.807) is 31.4 Å². The van der Waals surface area contributed by atoms with Crippen molar-refractivity contribution < 1.29 is 19.4 Å². The fourth-order valence-electron chi connectivity index (χ4n) is 2.27.